The summed E-state index contributed by atoms with van der Waals surface area (Å²) in [5.74, 6) is 0.999. The van der Waals surface area contributed by atoms with Crippen LogP contribution in [0.25, 0.3) is 28.5 Å². The number of halogens is 2. The minimum absolute atomic E-state index is 0.00517. The van der Waals surface area contributed by atoms with Gasteiger partial charge in [-0.1, -0.05) is 30.3 Å². The molecule has 1 atom stereocenters. The molecule has 0 saturated carbocycles. The van der Waals surface area contributed by atoms with Crippen LogP contribution in [0, 0.1) is 11.6 Å². The van der Waals surface area contributed by atoms with Crippen LogP contribution in [0.4, 0.5) is 14.7 Å². The Kier molecular flexibility index (Phi) is 5.82. The molecule has 1 N–H and O–H groups in total. The Hall–Kier alpha value is -4.39. The Balaban J connectivity index is 1.55. The number of nitrogens with one attached hydrogen (secondary N) is 1. The molecule has 0 aliphatic carbocycles. The molecule has 5 nitrogen and oxygen atoms in total. The highest BCUT2D eigenvalue weighted by Gasteiger charge is 2.16. The second-order valence-corrected chi connectivity index (χ2v) is 7.85. The molecule has 34 heavy (non-hydrogen) atoms. The molecule has 0 bridgehead atoms. The van der Waals surface area contributed by atoms with Crippen LogP contribution in [-0.4, -0.2) is 19.5 Å². The molecule has 2 heterocycles. The molecule has 0 aliphatic heterocycles. The van der Waals surface area contributed by atoms with E-state index in [-0.39, 0.29) is 17.7 Å². The van der Waals surface area contributed by atoms with Crippen LogP contribution < -0.4 is 5.32 Å². The molecule has 0 fully saturated rings. The van der Waals surface area contributed by atoms with Gasteiger partial charge in [0.15, 0.2) is 0 Å². The average Bonchev–Trinajstić information content (AvgIpc) is 3.31. The monoisotopic (exact) mass is 453 g/mol. The van der Waals surface area contributed by atoms with Crippen molar-refractivity contribution >= 4 is 5.95 Å². The van der Waals surface area contributed by atoms with Crippen LogP contribution in [0.15, 0.2) is 97.3 Å². The largest absolute Gasteiger partial charge is 0.348 e. The molecule has 0 aliphatic rings. The molecular formula is C27H21F2N5. The summed E-state index contributed by atoms with van der Waals surface area (Å²) in [6.45, 7) is 2.04. The van der Waals surface area contributed by atoms with Crippen molar-refractivity contribution in [3.63, 3.8) is 0 Å². The minimum Gasteiger partial charge on any atom is -0.348 e. The lowest BCUT2D eigenvalue weighted by Gasteiger charge is -2.15. The molecule has 3 aromatic carbocycles. The van der Waals surface area contributed by atoms with E-state index in [1.165, 1.54) is 24.3 Å². The summed E-state index contributed by atoms with van der Waals surface area (Å²) in [7, 11) is 0. The van der Waals surface area contributed by atoms with Crippen LogP contribution in [-0.2, 0) is 0 Å². The SMILES string of the molecule is C[C@H](Nc1nccc(-n2cc(-c3ccc(F)cc3)nc2-c2ccc(F)cc2)n1)c1ccccc1. The van der Waals surface area contributed by atoms with Gasteiger partial charge < -0.3 is 5.32 Å². The van der Waals surface area contributed by atoms with Crippen molar-refractivity contribution in [3.05, 3.63) is 115 Å². The summed E-state index contributed by atoms with van der Waals surface area (Å²) < 4.78 is 28.8. The summed E-state index contributed by atoms with van der Waals surface area (Å²) in [5, 5.41) is 3.33. The highest BCUT2D eigenvalue weighted by atomic mass is 19.1. The summed E-state index contributed by atoms with van der Waals surface area (Å²) in [6.07, 6.45) is 3.51. The van der Waals surface area contributed by atoms with E-state index in [9.17, 15) is 8.78 Å². The number of anilines is 1. The van der Waals surface area contributed by atoms with Crippen LogP contribution in [0.1, 0.15) is 18.5 Å². The molecule has 7 heteroatoms. The van der Waals surface area contributed by atoms with Crippen molar-refractivity contribution in [2.24, 2.45) is 0 Å². The summed E-state index contributed by atoms with van der Waals surface area (Å²) >= 11 is 0. The molecule has 168 valence electrons. The maximum absolute atomic E-state index is 13.6. The molecule has 5 rings (SSSR count). The smallest absolute Gasteiger partial charge is 0.225 e. The first-order valence-electron chi connectivity index (χ1n) is 10.8. The Morgan fingerprint density at radius 1 is 0.765 bits per heavy atom. The second kappa shape index (κ2) is 9.23. The normalized spacial score (nSPS) is 11.9. The molecule has 0 amide bonds. The molecule has 5 aromatic rings. The maximum Gasteiger partial charge on any atom is 0.225 e. The van der Waals surface area contributed by atoms with E-state index < -0.39 is 0 Å². The number of hydrogen-bond acceptors (Lipinski definition) is 4. The number of benzene rings is 3. The predicted molar refractivity (Wildman–Crippen MR) is 128 cm³/mol. The number of aromatic nitrogens is 4. The Morgan fingerprint density at radius 2 is 1.41 bits per heavy atom. The highest BCUT2D eigenvalue weighted by molar-refractivity contribution is 5.67. The fourth-order valence-corrected chi connectivity index (χ4v) is 3.69. The topological polar surface area (TPSA) is 55.6 Å². The van der Waals surface area contributed by atoms with Gasteiger partial charge in [-0.05, 0) is 67.1 Å². The first-order chi connectivity index (χ1) is 16.6. The van der Waals surface area contributed by atoms with Gasteiger partial charge in [0.2, 0.25) is 5.95 Å². The average molecular weight is 453 g/mol. The molecule has 0 unspecified atom stereocenters. The van der Waals surface area contributed by atoms with E-state index in [0.717, 1.165) is 16.7 Å². The van der Waals surface area contributed by atoms with E-state index in [0.29, 0.717) is 23.3 Å². The first-order valence-corrected chi connectivity index (χ1v) is 10.8. The van der Waals surface area contributed by atoms with Crippen molar-refractivity contribution in [3.8, 4) is 28.5 Å². The zero-order valence-electron chi connectivity index (χ0n) is 18.4. The first kappa shape index (κ1) is 21.5. The fraction of sp³-hybridized carbons (Fsp3) is 0.0741. The summed E-state index contributed by atoms with van der Waals surface area (Å²) in [5.41, 5.74) is 3.24. The third-order valence-corrected chi connectivity index (χ3v) is 5.48. The fourth-order valence-electron chi connectivity index (χ4n) is 3.69. The van der Waals surface area contributed by atoms with Gasteiger partial charge in [-0.25, -0.2) is 18.7 Å². The Labute approximate surface area is 195 Å². The van der Waals surface area contributed by atoms with E-state index in [1.807, 2.05) is 48.0 Å². The van der Waals surface area contributed by atoms with E-state index in [1.54, 1.807) is 36.5 Å². The van der Waals surface area contributed by atoms with Gasteiger partial charge in [0, 0.05) is 23.5 Å². The summed E-state index contributed by atoms with van der Waals surface area (Å²) in [6, 6.07) is 24.1. The van der Waals surface area contributed by atoms with E-state index >= 15 is 0 Å². The van der Waals surface area contributed by atoms with Gasteiger partial charge in [0.1, 0.15) is 23.3 Å². The maximum atomic E-state index is 13.6. The third kappa shape index (κ3) is 4.54. The second-order valence-electron chi connectivity index (χ2n) is 7.85. The number of hydrogen-bond donors (Lipinski definition) is 1. The minimum atomic E-state index is -0.330. The standard InChI is InChI=1S/C27H21F2N5/c1-18(19-5-3-2-4-6-19)31-27-30-16-15-25(33-27)34-17-24(20-7-11-22(28)12-8-20)32-26(34)21-9-13-23(29)14-10-21/h2-18H,1H3,(H,30,31,33)/t18-/m0/s1. The van der Waals surface area contributed by atoms with Gasteiger partial charge >= 0.3 is 0 Å². The van der Waals surface area contributed by atoms with Gasteiger partial charge in [-0.2, -0.15) is 4.98 Å². The van der Waals surface area contributed by atoms with E-state index in [2.05, 4.69) is 10.3 Å². The predicted octanol–water partition coefficient (Wildman–Crippen LogP) is 6.45. The molecular weight excluding hydrogens is 432 g/mol. The molecule has 2 aromatic heterocycles. The molecule has 0 saturated heterocycles. The lowest BCUT2D eigenvalue weighted by atomic mass is 10.1. The lowest BCUT2D eigenvalue weighted by Crippen LogP contribution is -2.10. The quantitative estimate of drug-likeness (QED) is 0.321. The van der Waals surface area contributed by atoms with Gasteiger partial charge in [-0.15, -0.1) is 0 Å². The lowest BCUT2D eigenvalue weighted by molar-refractivity contribution is 0.627. The number of rotatable bonds is 6. The Bertz CT molecular complexity index is 1400. The van der Waals surface area contributed by atoms with Crippen LogP contribution in [0.2, 0.25) is 0 Å². The van der Waals surface area contributed by atoms with Crippen molar-refractivity contribution in [1.82, 2.24) is 19.5 Å². The number of nitrogens with zero attached hydrogens (tertiary/aromatic N) is 4. The Morgan fingerprint density at radius 3 is 2.09 bits per heavy atom. The summed E-state index contributed by atoms with van der Waals surface area (Å²) in [4.78, 5) is 13.8. The van der Waals surface area contributed by atoms with Crippen molar-refractivity contribution in [2.75, 3.05) is 5.32 Å². The van der Waals surface area contributed by atoms with Gasteiger partial charge in [-0.3, -0.25) is 4.57 Å². The van der Waals surface area contributed by atoms with Gasteiger partial charge in [0.25, 0.3) is 0 Å². The van der Waals surface area contributed by atoms with Crippen molar-refractivity contribution < 1.29 is 8.78 Å². The molecule has 0 radical (unpaired) electrons. The van der Waals surface area contributed by atoms with E-state index in [4.69, 9.17) is 9.97 Å². The molecule has 0 spiro atoms. The third-order valence-electron chi connectivity index (χ3n) is 5.48. The van der Waals surface area contributed by atoms with Crippen LogP contribution >= 0.6 is 0 Å². The number of imidazole rings is 1. The zero-order valence-corrected chi connectivity index (χ0v) is 18.4. The zero-order chi connectivity index (χ0) is 23.5. The highest BCUT2D eigenvalue weighted by Crippen LogP contribution is 2.28. The van der Waals surface area contributed by atoms with Crippen molar-refractivity contribution in [1.29, 1.82) is 0 Å². The van der Waals surface area contributed by atoms with Crippen LogP contribution in [0.3, 0.4) is 0 Å². The van der Waals surface area contributed by atoms with Crippen LogP contribution in [0.5, 0.6) is 0 Å². The van der Waals surface area contributed by atoms with Crippen molar-refractivity contribution in [2.45, 2.75) is 13.0 Å². The van der Waals surface area contributed by atoms with Gasteiger partial charge in [0.05, 0.1) is 11.7 Å².